The maximum atomic E-state index is 11.8. The second kappa shape index (κ2) is 6.40. The predicted molar refractivity (Wildman–Crippen MR) is 64.7 cm³/mol. The number of rotatable bonds is 4. The number of nitrogens with zero attached hydrogens (tertiary/aromatic N) is 1. The van der Waals surface area contributed by atoms with E-state index in [1.54, 1.807) is 19.1 Å². The molecule has 0 bridgehead atoms. The Balaban J connectivity index is 2.75. The smallest absolute Gasteiger partial charge is 0.328 e. The highest BCUT2D eigenvalue weighted by Crippen LogP contribution is 2.04. The average Bonchev–Trinajstić information content (AvgIpc) is 2.43. The summed E-state index contributed by atoms with van der Waals surface area (Å²) in [7, 11) is 1.28. The summed E-state index contributed by atoms with van der Waals surface area (Å²) in [5.41, 5.74) is 0.878. The van der Waals surface area contributed by atoms with E-state index in [9.17, 15) is 9.59 Å². The largest absolute Gasteiger partial charge is 0.467 e. The SMILES string of the molecule is CCC(NC(=O)c1ccc(C#N)cc1)C(=O)OC. The molecule has 5 heteroatoms. The molecule has 0 aromatic heterocycles. The first kappa shape index (κ1) is 13.7. The molecule has 1 aromatic carbocycles. The van der Waals surface area contributed by atoms with Crippen molar-refractivity contribution in [2.75, 3.05) is 7.11 Å². The van der Waals surface area contributed by atoms with Gasteiger partial charge in [-0.25, -0.2) is 4.79 Å². The van der Waals surface area contributed by atoms with Crippen molar-refractivity contribution >= 4 is 11.9 Å². The highest BCUT2D eigenvalue weighted by atomic mass is 16.5. The molecule has 0 aliphatic heterocycles. The van der Waals surface area contributed by atoms with Gasteiger partial charge >= 0.3 is 5.97 Å². The van der Waals surface area contributed by atoms with Crippen molar-refractivity contribution in [1.82, 2.24) is 5.32 Å². The maximum Gasteiger partial charge on any atom is 0.328 e. The summed E-state index contributed by atoms with van der Waals surface area (Å²) in [4.78, 5) is 23.2. The number of nitriles is 1. The second-order valence-corrected chi connectivity index (χ2v) is 3.65. The van der Waals surface area contributed by atoms with E-state index < -0.39 is 12.0 Å². The number of esters is 1. The summed E-state index contributed by atoms with van der Waals surface area (Å²) in [5.74, 6) is -0.837. The maximum absolute atomic E-state index is 11.8. The molecule has 0 heterocycles. The zero-order chi connectivity index (χ0) is 13.5. The number of benzene rings is 1. The molecule has 0 fully saturated rings. The molecule has 0 radical (unpaired) electrons. The van der Waals surface area contributed by atoms with Crippen LogP contribution in [0.1, 0.15) is 29.3 Å². The van der Waals surface area contributed by atoms with E-state index in [0.29, 0.717) is 17.5 Å². The van der Waals surface area contributed by atoms with Crippen molar-refractivity contribution in [2.24, 2.45) is 0 Å². The molecule has 1 rings (SSSR count). The van der Waals surface area contributed by atoms with E-state index in [2.05, 4.69) is 10.1 Å². The Labute approximate surface area is 105 Å². The summed E-state index contributed by atoms with van der Waals surface area (Å²) in [5, 5.41) is 11.2. The number of carbonyl (C=O) groups is 2. The van der Waals surface area contributed by atoms with Crippen LogP contribution in [-0.2, 0) is 9.53 Å². The van der Waals surface area contributed by atoms with Gasteiger partial charge in [0.05, 0.1) is 18.7 Å². The molecule has 0 aliphatic carbocycles. The fourth-order valence-corrected chi connectivity index (χ4v) is 1.41. The topological polar surface area (TPSA) is 79.2 Å². The summed E-state index contributed by atoms with van der Waals surface area (Å²) < 4.78 is 4.58. The van der Waals surface area contributed by atoms with Gasteiger partial charge in [-0.05, 0) is 30.7 Å². The summed E-state index contributed by atoms with van der Waals surface area (Å²) in [6.45, 7) is 1.78. The van der Waals surface area contributed by atoms with Gasteiger partial charge in [0.15, 0.2) is 0 Å². The quantitative estimate of drug-likeness (QED) is 0.810. The molecule has 1 aromatic rings. The minimum atomic E-state index is -0.654. The van der Waals surface area contributed by atoms with Crippen molar-refractivity contribution in [3.05, 3.63) is 35.4 Å². The third-order valence-electron chi connectivity index (χ3n) is 2.48. The molecule has 0 saturated carbocycles. The number of ether oxygens (including phenoxy) is 1. The fraction of sp³-hybridized carbons (Fsp3) is 0.308. The van der Waals surface area contributed by atoms with Crippen molar-refractivity contribution in [3.63, 3.8) is 0 Å². The van der Waals surface area contributed by atoms with Crippen LogP contribution in [0.3, 0.4) is 0 Å². The normalized spacial score (nSPS) is 11.2. The minimum Gasteiger partial charge on any atom is -0.467 e. The highest BCUT2D eigenvalue weighted by Gasteiger charge is 2.19. The Morgan fingerprint density at radius 2 is 2.00 bits per heavy atom. The average molecular weight is 246 g/mol. The lowest BCUT2D eigenvalue weighted by atomic mass is 10.1. The number of carbonyl (C=O) groups excluding carboxylic acids is 2. The first-order valence-corrected chi connectivity index (χ1v) is 5.51. The van der Waals surface area contributed by atoms with Crippen LogP contribution in [0.4, 0.5) is 0 Å². The fourth-order valence-electron chi connectivity index (χ4n) is 1.41. The van der Waals surface area contributed by atoms with Gasteiger partial charge in [-0.3, -0.25) is 4.79 Å². The van der Waals surface area contributed by atoms with Crippen LogP contribution in [0.15, 0.2) is 24.3 Å². The van der Waals surface area contributed by atoms with E-state index in [0.717, 1.165) is 0 Å². The molecular weight excluding hydrogens is 232 g/mol. The van der Waals surface area contributed by atoms with Crippen molar-refractivity contribution in [1.29, 1.82) is 5.26 Å². The molecule has 0 saturated heterocycles. The standard InChI is InChI=1S/C13H14N2O3/c1-3-11(13(17)18-2)15-12(16)10-6-4-9(8-14)5-7-10/h4-7,11H,3H2,1-2H3,(H,15,16). The lowest BCUT2D eigenvalue weighted by molar-refractivity contribution is -0.142. The van der Waals surface area contributed by atoms with Gasteiger partial charge in [0.2, 0.25) is 0 Å². The summed E-state index contributed by atoms with van der Waals surface area (Å²) in [6.07, 6.45) is 0.453. The van der Waals surface area contributed by atoms with E-state index in [1.165, 1.54) is 19.2 Å². The molecule has 18 heavy (non-hydrogen) atoms. The van der Waals surface area contributed by atoms with E-state index in [1.807, 2.05) is 6.07 Å². The molecule has 1 amide bonds. The number of hydrogen-bond acceptors (Lipinski definition) is 4. The molecule has 1 unspecified atom stereocenters. The predicted octanol–water partition coefficient (Wildman–Crippen LogP) is 1.24. The van der Waals surface area contributed by atoms with Crippen LogP contribution < -0.4 is 5.32 Å². The van der Waals surface area contributed by atoms with Crippen LogP contribution in [0, 0.1) is 11.3 Å². The van der Waals surface area contributed by atoms with Gasteiger partial charge < -0.3 is 10.1 Å². The minimum absolute atomic E-state index is 0.364. The highest BCUT2D eigenvalue weighted by molar-refractivity contribution is 5.96. The lowest BCUT2D eigenvalue weighted by Crippen LogP contribution is -2.41. The number of hydrogen-bond donors (Lipinski definition) is 1. The molecule has 1 atom stereocenters. The second-order valence-electron chi connectivity index (χ2n) is 3.65. The van der Waals surface area contributed by atoms with E-state index in [4.69, 9.17) is 5.26 Å². The number of methoxy groups -OCH3 is 1. The van der Waals surface area contributed by atoms with Gasteiger partial charge in [0, 0.05) is 5.56 Å². The molecule has 0 spiro atoms. The van der Waals surface area contributed by atoms with Gasteiger partial charge in [-0.1, -0.05) is 6.92 Å². The number of nitrogens with one attached hydrogen (secondary N) is 1. The monoisotopic (exact) mass is 246 g/mol. The van der Waals surface area contributed by atoms with Crippen LogP contribution in [0.2, 0.25) is 0 Å². The van der Waals surface area contributed by atoms with E-state index >= 15 is 0 Å². The summed E-state index contributed by atoms with van der Waals surface area (Å²) in [6, 6.07) is 7.49. The van der Waals surface area contributed by atoms with Gasteiger partial charge in [-0.2, -0.15) is 5.26 Å². The van der Waals surface area contributed by atoms with Crippen molar-refractivity contribution in [2.45, 2.75) is 19.4 Å². The third-order valence-corrected chi connectivity index (χ3v) is 2.48. The third kappa shape index (κ3) is 3.32. The lowest BCUT2D eigenvalue weighted by Gasteiger charge is -2.14. The Bertz CT molecular complexity index is 474. The van der Waals surface area contributed by atoms with Gasteiger partial charge in [0.1, 0.15) is 6.04 Å². The molecule has 0 aliphatic rings. The van der Waals surface area contributed by atoms with Crippen LogP contribution in [-0.4, -0.2) is 25.0 Å². The van der Waals surface area contributed by atoms with Gasteiger partial charge in [-0.15, -0.1) is 0 Å². The molecule has 94 valence electrons. The van der Waals surface area contributed by atoms with Crippen LogP contribution in [0.25, 0.3) is 0 Å². The first-order valence-electron chi connectivity index (χ1n) is 5.51. The Kier molecular flexibility index (Phi) is 4.88. The number of amides is 1. The Morgan fingerprint density at radius 3 is 2.44 bits per heavy atom. The van der Waals surface area contributed by atoms with Crippen LogP contribution >= 0.6 is 0 Å². The molecule has 5 nitrogen and oxygen atoms in total. The zero-order valence-corrected chi connectivity index (χ0v) is 10.3. The first-order chi connectivity index (χ1) is 8.62. The van der Waals surface area contributed by atoms with Crippen molar-refractivity contribution in [3.8, 4) is 6.07 Å². The van der Waals surface area contributed by atoms with Crippen molar-refractivity contribution < 1.29 is 14.3 Å². The van der Waals surface area contributed by atoms with E-state index in [-0.39, 0.29) is 5.91 Å². The van der Waals surface area contributed by atoms with Gasteiger partial charge in [0.25, 0.3) is 5.91 Å². The zero-order valence-electron chi connectivity index (χ0n) is 10.3. The van der Waals surface area contributed by atoms with Crippen LogP contribution in [0.5, 0.6) is 0 Å². The Morgan fingerprint density at radius 1 is 1.39 bits per heavy atom. The summed E-state index contributed by atoms with van der Waals surface area (Å²) >= 11 is 0. The molecule has 1 N–H and O–H groups in total. The molecular formula is C13H14N2O3. The Hall–Kier alpha value is -2.35.